The molecule has 1 unspecified atom stereocenters. The molecule has 0 aliphatic carbocycles. The minimum absolute atomic E-state index is 0.0346. The molecule has 5 nitrogen and oxygen atoms in total. The Morgan fingerprint density at radius 2 is 1.78 bits per heavy atom. The summed E-state index contributed by atoms with van der Waals surface area (Å²) in [6.45, 7) is 4.09. The number of hydrogen-bond donors (Lipinski definition) is 1. The van der Waals surface area contributed by atoms with E-state index < -0.39 is 0 Å². The fourth-order valence-corrected chi connectivity index (χ4v) is 3.03. The van der Waals surface area contributed by atoms with Crippen LogP contribution < -0.4 is 19.5 Å². The zero-order valence-corrected chi connectivity index (χ0v) is 15.4. The first kappa shape index (κ1) is 19.5. The highest BCUT2D eigenvalue weighted by atomic mass is 32.2. The van der Waals surface area contributed by atoms with E-state index in [2.05, 4.69) is 12.2 Å². The van der Waals surface area contributed by atoms with Gasteiger partial charge in [0, 0.05) is 0 Å². The second-order valence-electron chi connectivity index (χ2n) is 5.15. The Hall–Kier alpha value is -1.56. The van der Waals surface area contributed by atoms with Crippen molar-refractivity contribution in [1.29, 1.82) is 0 Å². The van der Waals surface area contributed by atoms with Crippen molar-refractivity contribution in [3.8, 4) is 17.2 Å². The number of nitrogens with one attached hydrogen (secondary N) is 1. The van der Waals surface area contributed by atoms with Gasteiger partial charge in [0.25, 0.3) is 0 Å². The Bertz CT molecular complexity index is 482. The Balaban J connectivity index is 2.75. The van der Waals surface area contributed by atoms with Gasteiger partial charge >= 0.3 is 0 Å². The van der Waals surface area contributed by atoms with Gasteiger partial charge in [-0.15, -0.1) is 0 Å². The van der Waals surface area contributed by atoms with Crippen LogP contribution in [0.25, 0.3) is 0 Å². The van der Waals surface area contributed by atoms with E-state index in [0.29, 0.717) is 23.0 Å². The first-order valence-corrected chi connectivity index (χ1v) is 8.89. The fourth-order valence-electron chi connectivity index (χ4n) is 2.13. The number of hydrogen-bond acceptors (Lipinski definition) is 5. The molecule has 1 aromatic carbocycles. The Labute approximate surface area is 143 Å². The maximum Gasteiger partial charge on any atom is 0.230 e. The summed E-state index contributed by atoms with van der Waals surface area (Å²) in [5, 5.41) is 3.00. The third-order valence-corrected chi connectivity index (χ3v) is 4.48. The number of rotatable bonds is 10. The first-order chi connectivity index (χ1) is 11.1. The second kappa shape index (κ2) is 10.3. The molecule has 0 aliphatic heterocycles. The monoisotopic (exact) mass is 341 g/mol. The van der Waals surface area contributed by atoms with Gasteiger partial charge in [-0.25, -0.2) is 0 Å². The molecule has 0 spiro atoms. The molecule has 0 fully saturated rings. The highest BCUT2D eigenvalue weighted by Crippen LogP contribution is 2.39. The maximum atomic E-state index is 12.0. The van der Waals surface area contributed by atoms with E-state index in [1.165, 1.54) is 0 Å². The summed E-state index contributed by atoms with van der Waals surface area (Å²) in [6.07, 6.45) is 2.29. The van der Waals surface area contributed by atoms with Crippen LogP contribution in [0.1, 0.15) is 38.3 Å². The van der Waals surface area contributed by atoms with Crippen molar-refractivity contribution in [3.63, 3.8) is 0 Å². The van der Waals surface area contributed by atoms with E-state index in [9.17, 15) is 4.79 Å². The fraction of sp³-hybridized carbons (Fsp3) is 0.588. The van der Waals surface area contributed by atoms with E-state index in [1.807, 2.05) is 19.1 Å². The van der Waals surface area contributed by atoms with Gasteiger partial charge in [-0.2, -0.15) is 11.8 Å². The topological polar surface area (TPSA) is 56.8 Å². The zero-order valence-electron chi connectivity index (χ0n) is 14.6. The largest absolute Gasteiger partial charge is 0.493 e. The lowest BCUT2D eigenvalue weighted by atomic mass is 10.1. The number of amides is 1. The average molecular weight is 341 g/mol. The van der Waals surface area contributed by atoms with Crippen LogP contribution in [0.5, 0.6) is 17.2 Å². The Kier molecular flexibility index (Phi) is 8.69. The van der Waals surface area contributed by atoms with E-state index in [0.717, 1.165) is 24.2 Å². The Morgan fingerprint density at radius 1 is 1.17 bits per heavy atom. The lowest BCUT2D eigenvalue weighted by Crippen LogP contribution is -2.28. The molecule has 0 radical (unpaired) electrons. The van der Waals surface area contributed by atoms with E-state index in [-0.39, 0.29) is 11.9 Å². The number of thioether (sulfide) groups is 1. The normalized spacial score (nSPS) is 11.7. The van der Waals surface area contributed by atoms with Crippen LogP contribution >= 0.6 is 11.8 Å². The number of benzene rings is 1. The number of carbonyl (C=O) groups is 1. The third kappa shape index (κ3) is 5.86. The van der Waals surface area contributed by atoms with Gasteiger partial charge in [0.2, 0.25) is 11.7 Å². The first-order valence-electron chi connectivity index (χ1n) is 7.74. The smallest absolute Gasteiger partial charge is 0.230 e. The maximum absolute atomic E-state index is 12.0. The van der Waals surface area contributed by atoms with Crippen molar-refractivity contribution in [2.45, 2.75) is 32.7 Å². The lowest BCUT2D eigenvalue weighted by Gasteiger charge is -2.18. The standard InChI is InChI=1S/C17H27NO4S/c1-6-7-8-23-11-16(19)18-12(2)13-9-14(20-3)17(22-5)15(10-13)21-4/h9-10,12H,6-8,11H2,1-5H3,(H,18,19). The number of carbonyl (C=O) groups excluding carboxylic acids is 1. The molecule has 23 heavy (non-hydrogen) atoms. The van der Waals surface area contributed by atoms with Crippen molar-refractivity contribution in [3.05, 3.63) is 17.7 Å². The number of ether oxygens (including phenoxy) is 3. The summed E-state index contributed by atoms with van der Waals surface area (Å²) in [5.41, 5.74) is 0.909. The van der Waals surface area contributed by atoms with Crippen LogP contribution in [-0.4, -0.2) is 38.7 Å². The highest BCUT2D eigenvalue weighted by Gasteiger charge is 2.17. The van der Waals surface area contributed by atoms with Gasteiger partial charge in [0.05, 0.1) is 33.1 Å². The molecular formula is C17H27NO4S. The van der Waals surface area contributed by atoms with Crippen molar-refractivity contribution >= 4 is 17.7 Å². The summed E-state index contributed by atoms with van der Waals surface area (Å²) in [7, 11) is 4.72. The molecule has 0 saturated carbocycles. The molecule has 6 heteroatoms. The van der Waals surface area contributed by atoms with Gasteiger partial charge in [-0.05, 0) is 36.8 Å². The van der Waals surface area contributed by atoms with Crippen LogP contribution in [0.3, 0.4) is 0 Å². The number of methoxy groups -OCH3 is 3. The molecule has 130 valence electrons. The van der Waals surface area contributed by atoms with Crippen LogP contribution in [-0.2, 0) is 4.79 Å². The predicted octanol–water partition coefficient (Wildman–Crippen LogP) is 3.42. The van der Waals surface area contributed by atoms with Gasteiger partial charge in [0.1, 0.15) is 0 Å². The molecule has 1 rings (SSSR count). The highest BCUT2D eigenvalue weighted by molar-refractivity contribution is 7.99. The average Bonchev–Trinajstić information content (AvgIpc) is 2.57. The summed E-state index contributed by atoms with van der Waals surface area (Å²) in [5.74, 6) is 3.25. The van der Waals surface area contributed by atoms with E-state index in [4.69, 9.17) is 14.2 Å². The molecule has 0 aliphatic rings. The molecule has 1 aromatic rings. The molecule has 0 saturated heterocycles. The molecule has 1 atom stereocenters. The molecule has 0 heterocycles. The Morgan fingerprint density at radius 3 is 2.26 bits per heavy atom. The predicted molar refractivity (Wildman–Crippen MR) is 94.9 cm³/mol. The van der Waals surface area contributed by atoms with Crippen LogP contribution in [0.2, 0.25) is 0 Å². The molecular weight excluding hydrogens is 314 g/mol. The summed E-state index contributed by atoms with van der Waals surface area (Å²) >= 11 is 1.66. The quantitative estimate of drug-likeness (QED) is 0.661. The zero-order chi connectivity index (χ0) is 17.2. The minimum atomic E-state index is -0.136. The van der Waals surface area contributed by atoms with Crippen molar-refractivity contribution in [2.75, 3.05) is 32.8 Å². The lowest BCUT2D eigenvalue weighted by molar-refractivity contribution is -0.119. The summed E-state index contributed by atoms with van der Waals surface area (Å²) in [4.78, 5) is 12.0. The minimum Gasteiger partial charge on any atom is -0.493 e. The third-order valence-electron chi connectivity index (χ3n) is 3.44. The van der Waals surface area contributed by atoms with Gasteiger partial charge in [-0.3, -0.25) is 4.79 Å². The van der Waals surface area contributed by atoms with Crippen LogP contribution in [0.15, 0.2) is 12.1 Å². The molecule has 1 amide bonds. The second-order valence-corrected chi connectivity index (χ2v) is 6.26. The van der Waals surface area contributed by atoms with E-state index in [1.54, 1.807) is 33.1 Å². The van der Waals surface area contributed by atoms with E-state index >= 15 is 0 Å². The van der Waals surface area contributed by atoms with Crippen molar-refractivity contribution in [1.82, 2.24) is 5.32 Å². The number of unbranched alkanes of at least 4 members (excludes halogenated alkanes) is 1. The van der Waals surface area contributed by atoms with Gasteiger partial charge in [-0.1, -0.05) is 13.3 Å². The van der Waals surface area contributed by atoms with Crippen molar-refractivity contribution in [2.24, 2.45) is 0 Å². The van der Waals surface area contributed by atoms with Gasteiger partial charge in [0.15, 0.2) is 11.5 Å². The molecule has 1 N–H and O–H groups in total. The van der Waals surface area contributed by atoms with Crippen LogP contribution in [0, 0.1) is 0 Å². The molecule has 0 bridgehead atoms. The van der Waals surface area contributed by atoms with Gasteiger partial charge < -0.3 is 19.5 Å². The summed E-state index contributed by atoms with van der Waals surface area (Å²) < 4.78 is 16.0. The molecule has 0 aromatic heterocycles. The SMILES string of the molecule is CCCCSCC(=O)NC(C)c1cc(OC)c(OC)c(OC)c1. The van der Waals surface area contributed by atoms with Crippen LogP contribution in [0.4, 0.5) is 0 Å². The van der Waals surface area contributed by atoms with Crippen molar-refractivity contribution < 1.29 is 19.0 Å². The summed E-state index contributed by atoms with van der Waals surface area (Å²) in [6, 6.07) is 3.58.